The number of anilines is 3. The Morgan fingerprint density at radius 2 is 1.82 bits per heavy atom. The van der Waals surface area contributed by atoms with E-state index in [9.17, 15) is 22.0 Å². The summed E-state index contributed by atoms with van der Waals surface area (Å²) < 4.78 is 66.8. The molecule has 0 aromatic carbocycles. The maximum absolute atomic E-state index is 13.7. The van der Waals surface area contributed by atoms with Crippen molar-refractivity contribution >= 4 is 17.3 Å². The second-order valence-corrected chi connectivity index (χ2v) is 8.90. The Morgan fingerprint density at radius 1 is 1.00 bits per heavy atom. The lowest BCUT2D eigenvalue weighted by Gasteiger charge is -2.27. The molecule has 4 aromatic heterocycles. The highest BCUT2D eigenvalue weighted by Gasteiger charge is 2.22. The summed E-state index contributed by atoms with van der Waals surface area (Å²) in [6, 6.07) is 4.80. The molecule has 14 heteroatoms. The predicted octanol–water partition coefficient (Wildman–Crippen LogP) is 5.70. The molecule has 0 radical (unpaired) electrons. The quantitative estimate of drug-likeness (QED) is 0.267. The van der Waals surface area contributed by atoms with E-state index in [2.05, 4.69) is 35.8 Å². The third kappa shape index (κ3) is 6.06. The van der Waals surface area contributed by atoms with Crippen LogP contribution in [0.3, 0.4) is 0 Å². The van der Waals surface area contributed by atoms with Gasteiger partial charge in [0.1, 0.15) is 24.4 Å². The first-order chi connectivity index (χ1) is 18.3. The maximum Gasteiger partial charge on any atom is 0.333 e. The van der Waals surface area contributed by atoms with Crippen molar-refractivity contribution in [3.8, 4) is 22.6 Å². The average Bonchev–Trinajstić information content (AvgIpc) is 3.56. The molecule has 1 aliphatic rings. The van der Waals surface area contributed by atoms with Crippen molar-refractivity contribution in [1.29, 1.82) is 0 Å². The van der Waals surface area contributed by atoms with Crippen LogP contribution in [0, 0.1) is 0 Å². The number of hydrogen-bond acceptors (Lipinski definition) is 7. The minimum atomic E-state index is -2.77. The monoisotopic (exact) mass is 533 g/mol. The number of nitrogens with one attached hydrogen (secondary N) is 2. The van der Waals surface area contributed by atoms with Gasteiger partial charge in [0.15, 0.2) is 5.82 Å². The van der Waals surface area contributed by atoms with Gasteiger partial charge in [-0.25, -0.2) is 32.8 Å². The lowest BCUT2D eigenvalue weighted by molar-refractivity contribution is 0.0568. The number of nitrogens with zero attached hydrogens (tertiary/aromatic N) is 7. The van der Waals surface area contributed by atoms with E-state index in [4.69, 9.17) is 0 Å². The maximum atomic E-state index is 13.7. The molecule has 4 aromatic rings. The molecule has 0 spiro atoms. The fourth-order valence-electron chi connectivity index (χ4n) is 4.27. The Morgan fingerprint density at radius 3 is 2.55 bits per heavy atom. The Bertz CT molecular complexity index is 1360. The van der Waals surface area contributed by atoms with Gasteiger partial charge >= 0.3 is 6.55 Å². The van der Waals surface area contributed by atoms with Gasteiger partial charge in [-0.2, -0.15) is 19.0 Å². The summed E-state index contributed by atoms with van der Waals surface area (Å²) in [5.74, 6) is 1.08. The van der Waals surface area contributed by atoms with Crippen molar-refractivity contribution < 1.29 is 22.0 Å². The average molecular weight is 534 g/mol. The molecule has 4 heterocycles. The van der Waals surface area contributed by atoms with E-state index in [1.807, 2.05) is 0 Å². The smallest absolute Gasteiger partial charge is 0.333 e. The fourth-order valence-corrected chi connectivity index (χ4v) is 4.27. The zero-order valence-electron chi connectivity index (χ0n) is 20.0. The van der Waals surface area contributed by atoms with Crippen LogP contribution in [-0.4, -0.2) is 53.2 Å². The number of hydrogen-bond donors (Lipinski definition) is 2. The van der Waals surface area contributed by atoms with E-state index >= 15 is 0 Å². The number of halogens is 5. The second kappa shape index (κ2) is 11.1. The molecular formula is C24H24F5N9. The van der Waals surface area contributed by atoms with Crippen LogP contribution in [0.15, 0.2) is 49.2 Å². The van der Waals surface area contributed by atoms with Gasteiger partial charge in [-0.15, -0.1) is 0 Å². The van der Waals surface area contributed by atoms with Crippen LogP contribution in [-0.2, 0) is 6.54 Å². The SMILES string of the molecule is FC(F)Cn1cc(-c2nccc(Nc3cc(NC4CCC(F)CC4)c(-c4ccn(C(F)F)n4)cn3)n2)cn1. The van der Waals surface area contributed by atoms with E-state index in [1.165, 1.54) is 37.1 Å². The van der Waals surface area contributed by atoms with Crippen molar-refractivity contribution in [2.45, 2.75) is 57.4 Å². The molecule has 0 amide bonds. The summed E-state index contributed by atoms with van der Waals surface area (Å²) in [6.45, 7) is -3.31. The molecule has 0 aliphatic heterocycles. The van der Waals surface area contributed by atoms with Crippen LogP contribution in [0.2, 0.25) is 0 Å². The molecule has 5 rings (SSSR count). The number of rotatable bonds is 9. The summed E-state index contributed by atoms with van der Waals surface area (Å²) in [4.78, 5) is 13.0. The van der Waals surface area contributed by atoms with Gasteiger partial charge in [0.05, 0.1) is 17.5 Å². The van der Waals surface area contributed by atoms with Crippen LogP contribution in [0.4, 0.5) is 39.3 Å². The van der Waals surface area contributed by atoms with Crippen LogP contribution in [0.5, 0.6) is 0 Å². The Labute approximate surface area is 214 Å². The number of aromatic nitrogens is 7. The van der Waals surface area contributed by atoms with E-state index in [-0.39, 0.29) is 11.9 Å². The van der Waals surface area contributed by atoms with E-state index in [0.717, 1.165) is 4.68 Å². The van der Waals surface area contributed by atoms with Crippen LogP contribution < -0.4 is 10.6 Å². The molecule has 200 valence electrons. The van der Waals surface area contributed by atoms with Crippen LogP contribution >= 0.6 is 0 Å². The molecule has 0 unspecified atom stereocenters. The zero-order valence-corrected chi connectivity index (χ0v) is 20.0. The summed E-state index contributed by atoms with van der Waals surface area (Å²) >= 11 is 0. The Hall–Kier alpha value is -4.10. The normalized spacial score (nSPS) is 17.8. The van der Waals surface area contributed by atoms with Gasteiger partial charge in [-0.05, 0) is 37.8 Å². The Balaban J connectivity index is 1.40. The lowest BCUT2D eigenvalue weighted by atomic mass is 9.93. The summed E-state index contributed by atoms with van der Waals surface area (Å²) in [7, 11) is 0. The highest BCUT2D eigenvalue weighted by Crippen LogP contribution is 2.33. The first-order valence-corrected chi connectivity index (χ1v) is 12.0. The molecule has 0 bridgehead atoms. The van der Waals surface area contributed by atoms with Crippen molar-refractivity contribution in [1.82, 2.24) is 34.5 Å². The Kier molecular flexibility index (Phi) is 7.47. The molecule has 38 heavy (non-hydrogen) atoms. The minimum absolute atomic E-state index is 0.00335. The van der Waals surface area contributed by atoms with E-state index < -0.39 is 25.7 Å². The molecule has 9 nitrogen and oxygen atoms in total. The first kappa shape index (κ1) is 25.5. The van der Waals surface area contributed by atoms with Crippen LogP contribution in [0.25, 0.3) is 22.6 Å². The molecule has 2 N–H and O–H groups in total. The largest absolute Gasteiger partial charge is 0.382 e. The topological polar surface area (TPSA) is 98.4 Å². The molecule has 0 saturated heterocycles. The van der Waals surface area contributed by atoms with Crippen molar-refractivity contribution in [2.24, 2.45) is 0 Å². The third-order valence-corrected chi connectivity index (χ3v) is 6.13. The van der Waals surface area contributed by atoms with Crippen LogP contribution in [0.1, 0.15) is 32.2 Å². The van der Waals surface area contributed by atoms with E-state index in [1.54, 1.807) is 12.1 Å². The van der Waals surface area contributed by atoms with Gasteiger partial charge in [0.25, 0.3) is 6.43 Å². The molecule has 1 saturated carbocycles. The second-order valence-electron chi connectivity index (χ2n) is 8.90. The van der Waals surface area contributed by atoms with Crippen molar-refractivity contribution in [2.75, 3.05) is 10.6 Å². The van der Waals surface area contributed by atoms with E-state index in [0.29, 0.717) is 64.5 Å². The van der Waals surface area contributed by atoms with Crippen molar-refractivity contribution in [3.63, 3.8) is 0 Å². The highest BCUT2D eigenvalue weighted by atomic mass is 19.3. The molecule has 1 fully saturated rings. The minimum Gasteiger partial charge on any atom is -0.382 e. The number of pyridine rings is 1. The lowest BCUT2D eigenvalue weighted by Crippen LogP contribution is -2.27. The van der Waals surface area contributed by atoms with Crippen molar-refractivity contribution in [3.05, 3.63) is 49.2 Å². The van der Waals surface area contributed by atoms with Gasteiger partial charge < -0.3 is 10.6 Å². The molecular weight excluding hydrogens is 509 g/mol. The standard InChI is InChI=1S/C24H24F5N9/c25-15-1-3-16(4-2-15)33-19-9-22(31-11-17(19)18-6-8-38(36-18)24(28)29)34-21-5-7-30-23(35-21)14-10-32-37(12-14)13-20(26)27/h5-12,15-16,20,24H,1-4,13H2,(H2,30,31,33,34,35). The summed E-state index contributed by atoms with van der Waals surface area (Å²) in [6.07, 6.45) is 5.85. The summed E-state index contributed by atoms with van der Waals surface area (Å²) in [5, 5.41) is 14.3. The number of alkyl halides is 5. The van der Waals surface area contributed by atoms with Gasteiger partial charge in [0, 0.05) is 48.1 Å². The fraction of sp³-hybridized carbons (Fsp3) is 0.375. The van der Waals surface area contributed by atoms with Gasteiger partial charge in [-0.1, -0.05) is 0 Å². The zero-order chi connectivity index (χ0) is 26.6. The predicted molar refractivity (Wildman–Crippen MR) is 130 cm³/mol. The third-order valence-electron chi connectivity index (χ3n) is 6.13. The first-order valence-electron chi connectivity index (χ1n) is 12.0. The summed E-state index contributed by atoms with van der Waals surface area (Å²) in [5.41, 5.74) is 1.91. The highest BCUT2D eigenvalue weighted by molar-refractivity contribution is 5.78. The van der Waals surface area contributed by atoms with Gasteiger partial charge in [-0.3, -0.25) is 4.68 Å². The van der Waals surface area contributed by atoms with Gasteiger partial charge in [0.2, 0.25) is 0 Å². The molecule has 0 atom stereocenters. The molecule has 1 aliphatic carbocycles.